The number of fused-ring (bicyclic) bond motifs is 1. The number of aromatic hydroxyl groups is 1. The average Bonchev–Trinajstić information content (AvgIpc) is 2.84. The first kappa shape index (κ1) is 15.6. The predicted octanol–water partition coefficient (Wildman–Crippen LogP) is 3.04. The highest BCUT2D eigenvalue weighted by Gasteiger charge is 2.32. The monoisotopic (exact) mass is 350 g/mol. The Morgan fingerprint density at radius 2 is 1.78 bits per heavy atom. The van der Waals surface area contributed by atoms with E-state index in [0.29, 0.717) is 12.1 Å². The third kappa shape index (κ3) is 2.98. The third-order valence-corrected chi connectivity index (χ3v) is 4.42. The number of alkyl halides is 1. The van der Waals surface area contributed by atoms with Gasteiger partial charge >= 0.3 is 0 Å². The van der Waals surface area contributed by atoms with E-state index in [-0.39, 0.29) is 16.9 Å². The summed E-state index contributed by atoms with van der Waals surface area (Å²) in [6.45, 7) is 0. The zero-order valence-electron chi connectivity index (χ0n) is 11.8. The van der Waals surface area contributed by atoms with Crippen molar-refractivity contribution >= 4 is 40.9 Å². The molecule has 0 aromatic heterocycles. The zero-order chi connectivity index (χ0) is 16.6. The van der Waals surface area contributed by atoms with Crippen LogP contribution in [0, 0.1) is 0 Å². The summed E-state index contributed by atoms with van der Waals surface area (Å²) >= 11 is 12.6. The number of phenols is 1. The molecule has 1 aliphatic rings. The van der Waals surface area contributed by atoms with Gasteiger partial charge in [-0.25, -0.2) is 0 Å². The van der Waals surface area contributed by atoms with Gasteiger partial charge in [0.05, 0.1) is 16.8 Å². The first-order valence-electron chi connectivity index (χ1n) is 6.83. The molecule has 0 spiro atoms. The number of rotatable bonds is 4. The van der Waals surface area contributed by atoms with Gasteiger partial charge in [0.2, 0.25) is 0 Å². The summed E-state index contributed by atoms with van der Waals surface area (Å²) in [5, 5.41) is 11.5. The van der Waals surface area contributed by atoms with Gasteiger partial charge in [0.15, 0.2) is 0 Å². The summed E-state index contributed by atoms with van der Waals surface area (Å²) in [4.78, 5) is 23.6. The summed E-state index contributed by atoms with van der Waals surface area (Å²) in [5.41, 5.74) is 1.12. The van der Waals surface area contributed by atoms with Crippen LogP contribution in [0.1, 0.15) is 26.3 Å². The molecule has 1 atom stereocenters. The lowest BCUT2D eigenvalue weighted by molar-refractivity contribution is 0.0880. The maximum Gasteiger partial charge on any atom is 0.261 e. The van der Waals surface area contributed by atoms with Gasteiger partial charge in [-0.05, 0) is 29.8 Å². The molecule has 0 saturated heterocycles. The van der Waals surface area contributed by atoms with Crippen molar-refractivity contribution in [3.05, 3.63) is 59.2 Å². The number of hydrogen-bond donors (Lipinski definition) is 2. The molecule has 2 amide bonds. The van der Waals surface area contributed by atoms with E-state index in [1.54, 1.807) is 42.5 Å². The standard InChI is InChI=1S/C16H12Cl2N2O3/c17-13(8-9-4-6-10(21)7-5-9)20(18)12-3-1-2-11-14(12)16(23)19-15(11)22/h1-7,13,21H,8H2,(H,19,22,23). The number of nitrogens with zero attached hydrogens (tertiary/aromatic N) is 1. The SMILES string of the molecule is O=C1NC(=O)c2c1cccc2N(Cl)C(Cl)Cc1ccc(O)cc1. The number of benzene rings is 2. The number of halogens is 2. The van der Waals surface area contributed by atoms with Crippen LogP contribution in [0.5, 0.6) is 5.75 Å². The second-order valence-corrected chi connectivity index (χ2v) is 5.97. The fourth-order valence-corrected chi connectivity index (χ4v) is 2.93. The molecule has 0 bridgehead atoms. The Morgan fingerprint density at radius 3 is 2.48 bits per heavy atom. The van der Waals surface area contributed by atoms with E-state index in [4.69, 9.17) is 23.4 Å². The number of imide groups is 1. The van der Waals surface area contributed by atoms with Crippen molar-refractivity contribution in [1.82, 2.24) is 5.32 Å². The van der Waals surface area contributed by atoms with E-state index in [0.717, 1.165) is 5.56 Å². The van der Waals surface area contributed by atoms with E-state index in [1.165, 1.54) is 4.42 Å². The van der Waals surface area contributed by atoms with Crippen molar-refractivity contribution in [3.8, 4) is 5.75 Å². The molecule has 0 aliphatic carbocycles. The number of phenolic OH excluding ortho intramolecular Hbond substituents is 1. The molecule has 5 nitrogen and oxygen atoms in total. The molecule has 1 heterocycles. The highest BCUT2D eigenvalue weighted by molar-refractivity contribution is 6.35. The molecule has 23 heavy (non-hydrogen) atoms. The second kappa shape index (κ2) is 6.10. The zero-order valence-corrected chi connectivity index (χ0v) is 13.3. The Hall–Kier alpha value is -2.24. The molecule has 0 saturated carbocycles. The van der Waals surface area contributed by atoms with Gasteiger partial charge in [-0.2, -0.15) is 0 Å². The lowest BCUT2D eigenvalue weighted by atomic mass is 10.1. The van der Waals surface area contributed by atoms with Crippen molar-refractivity contribution in [1.29, 1.82) is 0 Å². The third-order valence-electron chi connectivity index (χ3n) is 3.56. The molecular formula is C16H12Cl2N2O3. The van der Waals surface area contributed by atoms with Crippen LogP contribution in [0.2, 0.25) is 0 Å². The Balaban J connectivity index is 1.86. The molecule has 3 rings (SSSR count). The summed E-state index contributed by atoms with van der Waals surface area (Å²) in [7, 11) is 0. The number of nitrogens with one attached hydrogen (secondary N) is 1. The van der Waals surface area contributed by atoms with Crippen LogP contribution >= 0.6 is 23.4 Å². The molecule has 0 radical (unpaired) electrons. The van der Waals surface area contributed by atoms with Crippen molar-refractivity contribution in [2.75, 3.05) is 4.42 Å². The van der Waals surface area contributed by atoms with Crippen LogP contribution in [-0.4, -0.2) is 22.4 Å². The van der Waals surface area contributed by atoms with Crippen LogP contribution in [0.4, 0.5) is 5.69 Å². The molecule has 118 valence electrons. The molecule has 2 aromatic carbocycles. The fraction of sp³-hybridized carbons (Fsp3) is 0.125. The second-order valence-electron chi connectivity index (χ2n) is 5.10. The van der Waals surface area contributed by atoms with E-state index in [1.807, 2.05) is 0 Å². The Morgan fingerprint density at radius 1 is 1.09 bits per heavy atom. The van der Waals surface area contributed by atoms with Gasteiger partial charge in [0.25, 0.3) is 11.8 Å². The molecule has 1 unspecified atom stereocenters. The maximum atomic E-state index is 11.9. The van der Waals surface area contributed by atoms with Crippen molar-refractivity contribution in [3.63, 3.8) is 0 Å². The molecule has 0 fully saturated rings. The van der Waals surface area contributed by atoms with Gasteiger partial charge in [-0.3, -0.25) is 19.3 Å². The first-order chi connectivity index (χ1) is 11.0. The number of carbonyl (C=O) groups is 2. The summed E-state index contributed by atoms with van der Waals surface area (Å²) in [6.07, 6.45) is 0.393. The molecule has 2 N–H and O–H groups in total. The lowest BCUT2D eigenvalue weighted by Gasteiger charge is -2.23. The Bertz CT molecular complexity index is 777. The van der Waals surface area contributed by atoms with E-state index >= 15 is 0 Å². The Labute approximate surface area is 142 Å². The summed E-state index contributed by atoms with van der Waals surface area (Å²) < 4.78 is 1.24. The first-order valence-corrected chi connectivity index (χ1v) is 7.60. The molecule has 7 heteroatoms. The minimum absolute atomic E-state index is 0.165. The molecule has 2 aromatic rings. The number of anilines is 1. The van der Waals surface area contributed by atoms with Crippen molar-refractivity contribution < 1.29 is 14.7 Å². The van der Waals surface area contributed by atoms with E-state index in [2.05, 4.69) is 5.32 Å². The van der Waals surface area contributed by atoms with Crippen molar-refractivity contribution in [2.45, 2.75) is 11.9 Å². The predicted molar refractivity (Wildman–Crippen MR) is 88.0 cm³/mol. The number of amides is 2. The number of carbonyl (C=O) groups excluding carboxylic acids is 2. The van der Waals surface area contributed by atoms with Crippen LogP contribution in [0.25, 0.3) is 0 Å². The smallest absolute Gasteiger partial charge is 0.261 e. The molecule has 1 aliphatic heterocycles. The van der Waals surface area contributed by atoms with Gasteiger partial charge in [0, 0.05) is 18.2 Å². The van der Waals surface area contributed by atoms with Crippen LogP contribution in [0.15, 0.2) is 42.5 Å². The van der Waals surface area contributed by atoms with Crippen molar-refractivity contribution in [2.24, 2.45) is 0 Å². The van der Waals surface area contributed by atoms with Gasteiger partial charge in [-0.1, -0.05) is 29.8 Å². The van der Waals surface area contributed by atoms with Crippen LogP contribution in [-0.2, 0) is 6.42 Å². The highest BCUT2D eigenvalue weighted by Crippen LogP contribution is 2.32. The number of hydrogen-bond acceptors (Lipinski definition) is 4. The average molecular weight is 351 g/mol. The van der Waals surface area contributed by atoms with E-state index < -0.39 is 17.3 Å². The summed E-state index contributed by atoms with van der Waals surface area (Å²) in [5.74, 6) is -0.764. The Kier molecular flexibility index (Phi) is 4.15. The van der Waals surface area contributed by atoms with E-state index in [9.17, 15) is 14.7 Å². The lowest BCUT2D eigenvalue weighted by Crippen LogP contribution is -2.26. The van der Waals surface area contributed by atoms with Gasteiger partial charge < -0.3 is 5.11 Å². The maximum absolute atomic E-state index is 11.9. The largest absolute Gasteiger partial charge is 0.508 e. The van der Waals surface area contributed by atoms with Crippen LogP contribution in [0.3, 0.4) is 0 Å². The fourth-order valence-electron chi connectivity index (χ4n) is 2.44. The minimum Gasteiger partial charge on any atom is -0.508 e. The summed E-state index contributed by atoms with van der Waals surface area (Å²) in [6, 6.07) is 11.4. The molecular weight excluding hydrogens is 339 g/mol. The van der Waals surface area contributed by atoms with Gasteiger partial charge in [0.1, 0.15) is 11.3 Å². The minimum atomic E-state index is -0.642. The highest BCUT2D eigenvalue weighted by atomic mass is 35.5. The normalized spacial score (nSPS) is 14.3. The quantitative estimate of drug-likeness (QED) is 0.385. The van der Waals surface area contributed by atoms with Gasteiger partial charge in [-0.15, -0.1) is 0 Å². The topological polar surface area (TPSA) is 69.6 Å². The van der Waals surface area contributed by atoms with Crippen LogP contribution < -0.4 is 9.74 Å².